The summed E-state index contributed by atoms with van der Waals surface area (Å²) in [6.07, 6.45) is 1.39. The Morgan fingerprint density at radius 1 is 1.00 bits per heavy atom. The van der Waals surface area contributed by atoms with Gasteiger partial charge in [-0.2, -0.15) is 4.39 Å². The number of ether oxygens (including phenoxy) is 1. The third kappa shape index (κ3) is 2.52. The second kappa shape index (κ2) is 5.02. The van der Waals surface area contributed by atoms with E-state index in [1.54, 1.807) is 12.1 Å². The predicted octanol–water partition coefficient (Wildman–Crippen LogP) is 3.35. The number of para-hydroxylation sites is 1. The Kier molecular flexibility index (Phi) is 3.06. The lowest BCUT2D eigenvalue weighted by molar-refractivity contribution is 0.282. The standard InChI is InChI=1S/C15H11FN2O/c16-15-14(6-3-9-17-15)19-10-12-8-7-11-4-1-2-5-13(11)18-12/h1-9H,10H2. The predicted molar refractivity (Wildman–Crippen MR) is 70.3 cm³/mol. The molecule has 2 heterocycles. The second-order valence-electron chi connectivity index (χ2n) is 4.08. The van der Waals surface area contributed by atoms with Gasteiger partial charge in [-0.25, -0.2) is 9.97 Å². The molecule has 3 rings (SSSR count). The molecule has 0 aliphatic carbocycles. The number of halogens is 1. The molecule has 0 spiro atoms. The Labute approximate surface area is 109 Å². The van der Waals surface area contributed by atoms with Crippen LogP contribution in [0.15, 0.2) is 54.7 Å². The summed E-state index contributed by atoms with van der Waals surface area (Å²) in [7, 11) is 0. The van der Waals surface area contributed by atoms with Gasteiger partial charge >= 0.3 is 0 Å². The number of rotatable bonds is 3. The van der Waals surface area contributed by atoms with Crippen LogP contribution in [-0.2, 0) is 6.61 Å². The minimum absolute atomic E-state index is 0.137. The molecule has 19 heavy (non-hydrogen) atoms. The van der Waals surface area contributed by atoms with Crippen molar-refractivity contribution in [2.24, 2.45) is 0 Å². The summed E-state index contributed by atoms with van der Waals surface area (Å²) >= 11 is 0. The van der Waals surface area contributed by atoms with Gasteiger partial charge in [-0.3, -0.25) is 0 Å². The molecule has 2 aromatic heterocycles. The molecule has 3 nitrogen and oxygen atoms in total. The Hall–Kier alpha value is -2.49. The van der Waals surface area contributed by atoms with Gasteiger partial charge in [-0.1, -0.05) is 24.3 Å². The van der Waals surface area contributed by atoms with Crippen LogP contribution in [0.2, 0.25) is 0 Å². The third-order valence-corrected chi connectivity index (χ3v) is 2.76. The zero-order valence-corrected chi connectivity index (χ0v) is 10.1. The van der Waals surface area contributed by atoms with E-state index in [4.69, 9.17) is 4.74 Å². The van der Waals surface area contributed by atoms with Crippen LogP contribution in [0.3, 0.4) is 0 Å². The quantitative estimate of drug-likeness (QED) is 0.672. The zero-order valence-electron chi connectivity index (χ0n) is 10.1. The van der Waals surface area contributed by atoms with Crippen molar-refractivity contribution >= 4 is 10.9 Å². The Morgan fingerprint density at radius 3 is 2.79 bits per heavy atom. The Balaban J connectivity index is 1.80. The smallest absolute Gasteiger partial charge is 0.255 e. The summed E-state index contributed by atoms with van der Waals surface area (Å²) < 4.78 is 18.7. The first kappa shape index (κ1) is 11.6. The lowest BCUT2D eigenvalue weighted by atomic mass is 10.2. The number of hydrogen-bond donors (Lipinski definition) is 0. The maximum absolute atomic E-state index is 13.3. The van der Waals surface area contributed by atoms with Gasteiger partial charge in [0.2, 0.25) is 0 Å². The largest absolute Gasteiger partial charge is 0.482 e. The van der Waals surface area contributed by atoms with Crippen molar-refractivity contribution in [1.29, 1.82) is 0 Å². The average molecular weight is 254 g/mol. The molecule has 4 heteroatoms. The van der Waals surface area contributed by atoms with Crippen molar-refractivity contribution < 1.29 is 9.13 Å². The summed E-state index contributed by atoms with van der Waals surface area (Å²) in [4.78, 5) is 7.98. The minimum atomic E-state index is -0.608. The molecular formula is C15H11FN2O. The molecule has 0 saturated heterocycles. The van der Waals surface area contributed by atoms with Gasteiger partial charge in [0.05, 0.1) is 11.2 Å². The fourth-order valence-electron chi connectivity index (χ4n) is 1.82. The fraction of sp³-hybridized carbons (Fsp3) is 0.0667. The van der Waals surface area contributed by atoms with Gasteiger partial charge in [0.1, 0.15) is 6.61 Å². The third-order valence-electron chi connectivity index (χ3n) is 2.76. The SMILES string of the molecule is Fc1ncccc1OCc1ccc2ccccc2n1. The molecule has 3 aromatic rings. The van der Waals surface area contributed by atoms with E-state index in [9.17, 15) is 4.39 Å². The molecule has 0 fully saturated rings. The van der Waals surface area contributed by atoms with Crippen molar-refractivity contribution in [1.82, 2.24) is 9.97 Å². The van der Waals surface area contributed by atoms with E-state index in [2.05, 4.69) is 9.97 Å². The highest BCUT2D eigenvalue weighted by atomic mass is 19.1. The molecule has 0 atom stereocenters. The molecule has 0 N–H and O–H groups in total. The van der Waals surface area contributed by atoms with Gasteiger partial charge in [-0.05, 0) is 24.3 Å². The van der Waals surface area contributed by atoms with Gasteiger partial charge in [0.25, 0.3) is 5.95 Å². The van der Waals surface area contributed by atoms with Crippen LogP contribution in [0, 0.1) is 5.95 Å². The van der Waals surface area contributed by atoms with E-state index in [1.165, 1.54) is 6.20 Å². The summed E-state index contributed by atoms with van der Waals surface area (Å²) in [5, 5.41) is 1.07. The van der Waals surface area contributed by atoms with E-state index in [1.807, 2.05) is 36.4 Å². The highest BCUT2D eigenvalue weighted by molar-refractivity contribution is 5.78. The maximum atomic E-state index is 13.3. The molecule has 1 aromatic carbocycles. The topological polar surface area (TPSA) is 35.0 Å². The van der Waals surface area contributed by atoms with E-state index in [0.717, 1.165) is 16.6 Å². The van der Waals surface area contributed by atoms with Crippen molar-refractivity contribution in [2.75, 3.05) is 0 Å². The first-order chi connectivity index (χ1) is 9.33. The van der Waals surface area contributed by atoms with Gasteiger partial charge in [-0.15, -0.1) is 0 Å². The number of fused-ring (bicyclic) bond motifs is 1. The molecule has 94 valence electrons. The fourth-order valence-corrected chi connectivity index (χ4v) is 1.82. The average Bonchev–Trinajstić information content (AvgIpc) is 2.46. The van der Waals surface area contributed by atoms with E-state index in [-0.39, 0.29) is 12.4 Å². The highest BCUT2D eigenvalue weighted by Crippen LogP contribution is 2.16. The van der Waals surface area contributed by atoms with Crippen LogP contribution in [0.5, 0.6) is 5.75 Å². The summed E-state index contributed by atoms with van der Waals surface area (Å²) in [5.41, 5.74) is 1.65. The number of benzene rings is 1. The minimum Gasteiger partial charge on any atom is -0.482 e. The Morgan fingerprint density at radius 2 is 1.89 bits per heavy atom. The number of pyridine rings is 2. The van der Waals surface area contributed by atoms with Crippen molar-refractivity contribution in [3.63, 3.8) is 0 Å². The molecule has 0 aliphatic rings. The van der Waals surface area contributed by atoms with Crippen LogP contribution in [0.4, 0.5) is 4.39 Å². The van der Waals surface area contributed by atoms with Crippen molar-refractivity contribution in [3.8, 4) is 5.75 Å². The molecule has 0 saturated carbocycles. The lowest BCUT2D eigenvalue weighted by Gasteiger charge is -2.06. The van der Waals surface area contributed by atoms with E-state index in [0.29, 0.717) is 0 Å². The highest BCUT2D eigenvalue weighted by Gasteiger charge is 2.04. The molecule has 0 aliphatic heterocycles. The second-order valence-corrected chi connectivity index (χ2v) is 4.08. The van der Waals surface area contributed by atoms with Crippen LogP contribution >= 0.6 is 0 Å². The van der Waals surface area contributed by atoms with Crippen molar-refractivity contribution in [2.45, 2.75) is 6.61 Å². The number of nitrogens with zero attached hydrogens (tertiary/aromatic N) is 2. The normalized spacial score (nSPS) is 10.6. The van der Waals surface area contributed by atoms with E-state index >= 15 is 0 Å². The first-order valence-electron chi connectivity index (χ1n) is 5.91. The maximum Gasteiger partial charge on any atom is 0.255 e. The molecule has 0 bridgehead atoms. The molecular weight excluding hydrogens is 243 g/mol. The number of hydrogen-bond acceptors (Lipinski definition) is 3. The summed E-state index contributed by atoms with van der Waals surface area (Å²) in [5.74, 6) is -0.472. The summed E-state index contributed by atoms with van der Waals surface area (Å²) in [6, 6.07) is 14.8. The van der Waals surface area contributed by atoms with Gasteiger partial charge < -0.3 is 4.74 Å². The van der Waals surface area contributed by atoms with Crippen LogP contribution in [-0.4, -0.2) is 9.97 Å². The first-order valence-corrected chi connectivity index (χ1v) is 5.91. The van der Waals surface area contributed by atoms with Gasteiger partial charge in [0.15, 0.2) is 5.75 Å². The lowest BCUT2D eigenvalue weighted by Crippen LogP contribution is -2.00. The zero-order chi connectivity index (χ0) is 13.1. The van der Waals surface area contributed by atoms with E-state index < -0.39 is 5.95 Å². The molecule has 0 radical (unpaired) electrons. The molecule has 0 unspecified atom stereocenters. The summed E-state index contributed by atoms with van der Waals surface area (Å²) in [6.45, 7) is 0.216. The van der Waals surface area contributed by atoms with Crippen LogP contribution < -0.4 is 4.74 Å². The van der Waals surface area contributed by atoms with Crippen LogP contribution in [0.1, 0.15) is 5.69 Å². The van der Waals surface area contributed by atoms with Crippen LogP contribution in [0.25, 0.3) is 10.9 Å². The van der Waals surface area contributed by atoms with Crippen molar-refractivity contribution in [3.05, 3.63) is 66.4 Å². The van der Waals surface area contributed by atoms with Gasteiger partial charge in [0, 0.05) is 11.6 Å². The monoisotopic (exact) mass is 254 g/mol. The molecule has 0 amide bonds. The Bertz CT molecular complexity index is 715. The number of aromatic nitrogens is 2.